The normalized spacial score (nSPS) is 29.6. The maximum Gasteiger partial charge on any atom is 0.0672 e. The van der Waals surface area contributed by atoms with E-state index >= 15 is 0 Å². The SMILES string of the molecule is C=C(C)COCCNC1(CN)CCC(C)C1. The van der Waals surface area contributed by atoms with Gasteiger partial charge in [-0.05, 0) is 32.1 Å². The molecule has 16 heavy (non-hydrogen) atoms. The molecule has 3 heteroatoms. The van der Waals surface area contributed by atoms with E-state index in [2.05, 4.69) is 18.8 Å². The highest BCUT2D eigenvalue weighted by atomic mass is 16.5. The van der Waals surface area contributed by atoms with Crippen LogP contribution in [-0.2, 0) is 4.74 Å². The van der Waals surface area contributed by atoms with Crippen LogP contribution in [0.1, 0.15) is 33.1 Å². The Hall–Kier alpha value is -0.380. The number of rotatable bonds is 7. The van der Waals surface area contributed by atoms with Crippen molar-refractivity contribution in [3.63, 3.8) is 0 Å². The third kappa shape index (κ3) is 4.24. The first-order valence-electron chi connectivity index (χ1n) is 6.25. The number of nitrogens with two attached hydrogens (primary N) is 1. The predicted molar refractivity (Wildman–Crippen MR) is 68.4 cm³/mol. The lowest BCUT2D eigenvalue weighted by Gasteiger charge is -2.29. The highest BCUT2D eigenvalue weighted by Crippen LogP contribution is 2.33. The van der Waals surface area contributed by atoms with Gasteiger partial charge in [0.25, 0.3) is 0 Å². The minimum absolute atomic E-state index is 0.173. The summed E-state index contributed by atoms with van der Waals surface area (Å²) < 4.78 is 5.47. The molecule has 0 spiro atoms. The Morgan fingerprint density at radius 1 is 1.62 bits per heavy atom. The van der Waals surface area contributed by atoms with Crippen LogP contribution in [0.2, 0.25) is 0 Å². The van der Waals surface area contributed by atoms with E-state index < -0.39 is 0 Å². The molecule has 1 rings (SSSR count). The lowest BCUT2D eigenvalue weighted by atomic mass is 9.96. The van der Waals surface area contributed by atoms with E-state index in [1.807, 2.05) is 6.92 Å². The molecular weight excluding hydrogens is 200 g/mol. The van der Waals surface area contributed by atoms with E-state index in [1.165, 1.54) is 19.3 Å². The fourth-order valence-corrected chi connectivity index (χ4v) is 2.45. The molecule has 1 saturated carbocycles. The molecule has 94 valence electrons. The second kappa shape index (κ2) is 6.38. The van der Waals surface area contributed by atoms with Gasteiger partial charge in [-0.15, -0.1) is 0 Å². The molecule has 2 atom stereocenters. The molecule has 0 aliphatic heterocycles. The summed E-state index contributed by atoms with van der Waals surface area (Å²) >= 11 is 0. The Balaban J connectivity index is 2.17. The summed E-state index contributed by atoms with van der Waals surface area (Å²) in [5.41, 5.74) is 7.12. The average molecular weight is 226 g/mol. The van der Waals surface area contributed by atoms with Crippen LogP contribution in [0.15, 0.2) is 12.2 Å². The van der Waals surface area contributed by atoms with Gasteiger partial charge in [-0.1, -0.05) is 19.1 Å². The summed E-state index contributed by atoms with van der Waals surface area (Å²) in [5.74, 6) is 0.799. The van der Waals surface area contributed by atoms with Crippen molar-refractivity contribution in [2.45, 2.75) is 38.6 Å². The summed E-state index contributed by atoms with van der Waals surface area (Å²) in [6.07, 6.45) is 3.69. The van der Waals surface area contributed by atoms with Crippen LogP contribution in [-0.4, -0.2) is 31.8 Å². The van der Waals surface area contributed by atoms with Crippen molar-refractivity contribution in [1.29, 1.82) is 0 Å². The molecule has 1 fully saturated rings. The third-order valence-electron chi connectivity index (χ3n) is 3.34. The highest BCUT2D eigenvalue weighted by molar-refractivity contribution is 4.96. The van der Waals surface area contributed by atoms with Crippen molar-refractivity contribution in [3.8, 4) is 0 Å². The van der Waals surface area contributed by atoms with E-state index in [4.69, 9.17) is 10.5 Å². The van der Waals surface area contributed by atoms with Gasteiger partial charge < -0.3 is 15.8 Å². The maximum absolute atomic E-state index is 5.88. The van der Waals surface area contributed by atoms with Gasteiger partial charge in [0, 0.05) is 18.6 Å². The number of nitrogens with one attached hydrogen (secondary N) is 1. The van der Waals surface area contributed by atoms with Crippen LogP contribution < -0.4 is 11.1 Å². The van der Waals surface area contributed by atoms with E-state index in [0.29, 0.717) is 6.61 Å². The van der Waals surface area contributed by atoms with Crippen LogP contribution >= 0.6 is 0 Å². The van der Waals surface area contributed by atoms with Gasteiger partial charge in [0.05, 0.1) is 13.2 Å². The molecule has 1 aliphatic carbocycles. The largest absolute Gasteiger partial charge is 0.376 e. The van der Waals surface area contributed by atoms with Crippen molar-refractivity contribution in [3.05, 3.63) is 12.2 Å². The van der Waals surface area contributed by atoms with Gasteiger partial charge in [-0.2, -0.15) is 0 Å². The van der Waals surface area contributed by atoms with Crippen LogP contribution in [0.4, 0.5) is 0 Å². The molecule has 2 unspecified atom stereocenters. The maximum atomic E-state index is 5.88. The Labute approximate surface area is 99.4 Å². The molecule has 0 aromatic carbocycles. The molecule has 0 aromatic heterocycles. The zero-order chi connectivity index (χ0) is 12.0. The van der Waals surface area contributed by atoms with Gasteiger partial charge in [-0.25, -0.2) is 0 Å². The lowest BCUT2D eigenvalue weighted by Crippen LogP contribution is -2.50. The van der Waals surface area contributed by atoms with E-state index in [0.717, 1.165) is 31.2 Å². The molecule has 0 amide bonds. The minimum atomic E-state index is 0.173. The van der Waals surface area contributed by atoms with E-state index in [1.54, 1.807) is 0 Å². The molecule has 0 saturated heterocycles. The Morgan fingerprint density at radius 3 is 2.88 bits per heavy atom. The van der Waals surface area contributed by atoms with Gasteiger partial charge in [-0.3, -0.25) is 0 Å². The second-order valence-electron chi connectivity index (χ2n) is 5.27. The fourth-order valence-electron chi connectivity index (χ4n) is 2.45. The number of ether oxygens (including phenoxy) is 1. The molecule has 0 radical (unpaired) electrons. The summed E-state index contributed by atoms with van der Waals surface area (Å²) in [6, 6.07) is 0. The molecule has 0 heterocycles. The van der Waals surface area contributed by atoms with Crippen LogP contribution in [0.25, 0.3) is 0 Å². The highest BCUT2D eigenvalue weighted by Gasteiger charge is 2.35. The molecule has 3 nitrogen and oxygen atoms in total. The summed E-state index contributed by atoms with van der Waals surface area (Å²) in [4.78, 5) is 0. The van der Waals surface area contributed by atoms with Crippen LogP contribution in [0.3, 0.4) is 0 Å². The van der Waals surface area contributed by atoms with Crippen LogP contribution in [0, 0.1) is 5.92 Å². The average Bonchev–Trinajstić information content (AvgIpc) is 2.60. The smallest absolute Gasteiger partial charge is 0.0672 e. The van der Waals surface area contributed by atoms with Gasteiger partial charge in [0.2, 0.25) is 0 Å². The number of hydrogen-bond acceptors (Lipinski definition) is 3. The standard InChI is InChI=1S/C13H26N2O/c1-11(2)9-16-7-6-15-13(10-14)5-4-12(3)8-13/h12,15H,1,4-10,14H2,2-3H3. The molecule has 3 N–H and O–H groups in total. The first kappa shape index (κ1) is 13.7. The van der Waals surface area contributed by atoms with Crippen molar-refractivity contribution in [2.75, 3.05) is 26.3 Å². The quantitative estimate of drug-likeness (QED) is 0.513. The predicted octanol–water partition coefficient (Wildman–Crippen LogP) is 1.69. The summed E-state index contributed by atoms with van der Waals surface area (Å²) in [6.45, 7) is 11.1. The van der Waals surface area contributed by atoms with Crippen LogP contribution in [0.5, 0.6) is 0 Å². The third-order valence-corrected chi connectivity index (χ3v) is 3.34. The zero-order valence-corrected chi connectivity index (χ0v) is 10.7. The minimum Gasteiger partial charge on any atom is -0.376 e. The second-order valence-corrected chi connectivity index (χ2v) is 5.27. The Morgan fingerprint density at radius 2 is 2.38 bits per heavy atom. The summed E-state index contributed by atoms with van der Waals surface area (Å²) in [5, 5.41) is 3.57. The monoisotopic (exact) mass is 226 g/mol. The lowest BCUT2D eigenvalue weighted by molar-refractivity contribution is 0.148. The Bertz CT molecular complexity index is 230. The first-order chi connectivity index (χ1) is 7.58. The van der Waals surface area contributed by atoms with Crippen molar-refractivity contribution >= 4 is 0 Å². The summed E-state index contributed by atoms with van der Waals surface area (Å²) in [7, 11) is 0. The van der Waals surface area contributed by atoms with Crippen molar-refractivity contribution in [1.82, 2.24) is 5.32 Å². The number of hydrogen-bond donors (Lipinski definition) is 2. The van der Waals surface area contributed by atoms with Gasteiger partial charge >= 0.3 is 0 Å². The fraction of sp³-hybridized carbons (Fsp3) is 0.846. The van der Waals surface area contributed by atoms with Gasteiger partial charge in [0.15, 0.2) is 0 Å². The molecule has 0 bridgehead atoms. The molecule has 1 aliphatic rings. The van der Waals surface area contributed by atoms with E-state index in [-0.39, 0.29) is 5.54 Å². The van der Waals surface area contributed by atoms with Crippen molar-refractivity contribution < 1.29 is 4.74 Å². The zero-order valence-electron chi connectivity index (χ0n) is 10.7. The topological polar surface area (TPSA) is 47.3 Å². The van der Waals surface area contributed by atoms with Gasteiger partial charge in [0.1, 0.15) is 0 Å². The van der Waals surface area contributed by atoms with E-state index in [9.17, 15) is 0 Å². The Kier molecular flexibility index (Phi) is 5.46. The first-order valence-corrected chi connectivity index (χ1v) is 6.25. The molecule has 0 aromatic rings. The molecular formula is C13H26N2O. The van der Waals surface area contributed by atoms with Crippen molar-refractivity contribution in [2.24, 2.45) is 11.7 Å².